The van der Waals surface area contributed by atoms with Gasteiger partial charge in [0.05, 0.1) is 18.1 Å². The number of carbonyl (C=O) groups excluding carboxylic acids is 2. The molecule has 0 unspecified atom stereocenters. The number of hydrogen-bond acceptors (Lipinski definition) is 6. The van der Waals surface area contributed by atoms with Gasteiger partial charge in [-0.1, -0.05) is 0 Å². The molecule has 2 heterocycles. The number of fused-ring (bicyclic) bond motifs is 1. The van der Waals surface area contributed by atoms with Crippen LogP contribution in [0.5, 0.6) is 0 Å². The normalized spacial score (nSPS) is 19.8. The quantitative estimate of drug-likeness (QED) is 0.756. The first-order valence-electron chi connectivity index (χ1n) is 9.85. The zero-order chi connectivity index (χ0) is 19.2. The van der Waals surface area contributed by atoms with Crippen LogP contribution in [0.1, 0.15) is 55.0 Å². The van der Waals surface area contributed by atoms with Crippen LogP contribution < -0.4 is 5.32 Å². The number of nitrogens with one attached hydrogen (secondary N) is 1. The van der Waals surface area contributed by atoms with Gasteiger partial charge in [0.25, 0.3) is 0 Å². The van der Waals surface area contributed by atoms with Gasteiger partial charge in [-0.25, -0.2) is 0 Å². The van der Waals surface area contributed by atoms with Crippen LogP contribution >= 0.6 is 11.3 Å². The third-order valence-corrected chi connectivity index (χ3v) is 6.52. The van der Waals surface area contributed by atoms with Gasteiger partial charge in [0, 0.05) is 24.4 Å². The minimum absolute atomic E-state index is 0.0663. The van der Waals surface area contributed by atoms with Crippen molar-refractivity contribution in [1.29, 1.82) is 5.26 Å². The van der Waals surface area contributed by atoms with Gasteiger partial charge in [0.1, 0.15) is 11.1 Å². The van der Waals surface area contributed by atoms with Gasteiger partial charge in [-0.3, -0.25) is 9.59 Å². The second-order valence-corrected chi connectivity index (χ2v) is 8.32. The van der Waals surface area contributed by atoms with E-state index in [0.717, 1.165) is 50.6 Å². The molecule has 1 aliphatic heterocycles. The fourth-order valence-electron chi connectivity index (χ4n) is 3.93. The number of rotatable bonds is 6. The fraction of sp³-hybridized carbons (Fsp3) is 0.650. The van der Waals surface area contributed by atoms with Crippen LogP contribution in [-0.2, 0) is 27.2 Å². The second kappa shape index (κ2) is 9.34. The molecular weight excluding hydrogens is 362 g/mol. The molecule has 2 aliphatic rings. The molecule has 1 saturated heterocycles. The van der Waals surface area contributed by atoms with Crippen molar-refractivity contribution in [3.63, 3.8) is 0 Å². The Hall–Kier alpha value is -1.91. The van der Waals surface area contributed by atoms with Crippen molar-refractivity contribution >= 4 is 28.2 Å². The molecule has 3 rings (SSSR count). The van der Waals surface area contributed by atoms with Gasteiger partial charge < -0.3 is 15.0 Å². The Balaban J connectivity index is 1.52. The highest BCUT2D eigenvalue weighted by molar-refractivity contribution is 7.16. The molecule has 0 aromatic carbocycles. The molecule has 1 N–H and O–H groups in total. The fourth-order valence-corrected chi connectivity index (χ4v) is 5.19. The summed E-state index contributed by atoms with van der Waals surface area (Å²) in [5, 5.41) is 13.1. The van der Waals surface area contributed by atoms with E-state index in [-0.39, 0.29) is 17.8 Å². The van der Waals surface area contributed by atoms with Crippen molar-refractivity contribution in [3.8, 4) is 6.07 Å². The van der Waals surface area contributed by atoms with Gasteiger partial charge in [-0.05, 0) is 57.6 Å². The Morgan fingerprint density at radius 2 is 2.15 bits per heavy atom. The third-order valence-electron chi connectivity index (χ3n) is 5.32. The van der Waals surface area contributed by atoms with E-state index in [4.69, 9.17) is 4.74 Å². The third kappa shape index (κ3) is 4.88. The first kappa shape index (κ1) is 19.8. The standard InChI is InChI=1S/C20H27N3O3S/c1-2-26-20(25)14-6-5-10-23(13-14)11-9-18(24)22-19-16(12-21)15-7-3-4-8-17(15)27-19/h14H,2-11,13H2,1H3,(H,22,24)/t14-/m1/s1. The summed E-state index contributed by atoms with van der Waals surface area (Å²) < 4.78 is 5.13. The summed E-state index contributed by atoms with van der Waals surface area (Å²) in [6.45, 7) is 4.40. The molecule has 0 radical (unpaired) electrons. The summed E-state index contributed by atoms with van der Waals surface area (Å²) in [7, 11) is 0. The lowest BCUT2D eigenvalue weighted by atomic mass is 9.96. The smallest absolute Gasteiger partial charge is 0.310 e. The summed E-state index contributed by atoms with van der Waals surface area (Å²) in [6, 6.07) is 2.28. The number of nitriles is 1. The number of likely N-dealkylation sites (tertiary alicyclic amines) is 1. The van der Waals surface area contributed by atoms with Crippen molar-refractivity contribution < 1.29 is 14.3 Å². The molecule has 1 amide bonds. The number of amides is 1. The number of hydrogen-bond donors (Lipinski definition) is 1. The maximum Gasteiger partial charge on any atom is 0.310 e. The van der Waals surface area contributed by atoms with E-state index in [1.807, 2.05) is 6.92 Å². The lowest BCUT2D eigenvalue weighted by Gasteiger charge is -2.31. The Kier molecular flexibility index (Phi) is 6.86. The molecule has 0 spiro atoms. The monoisotopic (exact) mass is 389 g/mol. The van der Waals surface area contributed by atoms with Gasteiger partial charge in [-0.2, -0.15) is 5.26 Å². The lowest BCUT2D eigenvalue weighted by molar-refractivity contribution is -0.149. The molecule has 1 atom stereocenters. The zero-order valence-corrected chi connectivity index (χ0v) is 16.7. The Labute approximate surface area is 164 Å². The minimum atomic E-state index is -0.130. The predicted octanol–water partition coefficient (Wildman–Crippen LogP) is 3.10. The number of nitrogens with zero attached hydrogens (tertiary/aromatic N) is 2. The summed E-state index contributed by atoms with van der Waals surface area (Å²) >= 11 is 1.56. The van der Waals surface area contributed by atoms with Crippen LogP contribution in [0.2, 0.25) is 0 Å². The molecule has 1 aromatic heterocycles. The van der Waals surface area contributed by atoms with Crippen LogP contribution in [0.3, 0.4) is 0 Å². The molecule has 1 aliphatic carbocycles. The molecule has 27 heavy (non-hydrogen) atoms. The molecule has 1 fully saturated rings. The van der Waals surface area contributed by atoms with Crippen molar-refractivity contribution in [2.75, 3.05) is 31.6 Å². The average molecular weight is 390 g/mol. The van der Waals surface area contributed by atoms with Crippen LogP contribution in [0.4, 0.5) is 5.00 Å². The van der Waals surface area contributed by atoms with Crippen molar-refractivity contribution in [2.24, 2.45) is 5.92 Å². The second-order valence-electron chi connectivity index (χ2n) is 7.22. The van der Waals surface area contributed by atoms with Crippen molar-refractivity contribution in [3.05, 3.63) is 16.0 Å². The van der Waals surface area contributed by atoms with Crippen molar-refractivity contribution in [2.45, 2.75) is 51.9 Å². The largest absolute Gasteiger partial charge is 0.466 e. The number of anilines is 1. The maximum atomic E-state index is 12.4. The van der Waals surface area contributed by atoms with E-state index in [9.17, 15) is 14.9 Å². The molecular formula is C20H27N3O3S. The van der Waals surface area contributed by atoms with E-state index >= 15 is 0 Å². The number of ether oxygens (including phenoxy) is 1. The molecule has 1 aromatic rings. The topological polar surface area (TPSA) is 82.4 Å². The molecule has 146 valence electrons. The minimum Gasteiger partial charge on any atom is -0.466 e. The number of aryl methyl sites for hydroxylation is 1. The van der Waals surface area contributed by atoms with E-state index in [1.54, 1.807) is 11.3 Å². The number of thiophene rings is 1. The first-order chi connectivity index (χ1) is 13.1. The number of piperidine rings is 1. The highest BCUT2D eigenvalue weighted by atomic mass is 32.1. The van der Waals surface area contributed by atoms with Gasteiger partial charge in [-0.15, -0.1) is 11.3 Å². The molecule has 7 heteroatoms. The summed E-state index contributed by atoms with van der Waals surface area (Å²) in [4.78, 5) is 27.8. The van der Waals surface area contributed by atoms with Crippen molar-refractivity contribution in [1.82, 2.24) is 4.90 Å². The van der Waals surface area contributed by atoms with Gasteiger partial charge in [0.2, 0.25) is 5.91 Å². The Morgan fingerprint density at radius 1 is 1.33 bits per heavy atom. The number of esters is 1. The molecule has 6 nitrogen and oxygen atoms in total. The predicted molar refractivity (Wildman–Crippen MR) is 105 cm³/mol. The SMILES string of the molecule is CCOC(=O)[C@@H]1CCCN(CCC(=O)Nc2sc3c(c2C#N)CCCC3)C1. The average Bonchev–Trinajstić information content (AvgIpc) is 3.03. The summed E-state index contributed by atoms with van der Waals surface area (Å²) in [5.74, 6) is -0.284. The lowest BCUT2D eigenvalue weighted by Crippen LogP contribution is -2.40. The van der Waals surface area contributed by atoms with Crippen LogP contribution in [0.25, 0.3) is 0 Å². The van der Waals surface area contributed by atoms with E-state index < -0.39 is 0 Å². The molecule has 0 saturated carbocycles. The van der Waals surface area contributed by atoms with Gasteiger partial charge in [0.15, 0.2) is 0 Å². The molecule has 0 bridgehead atoms. The van der Waals surface area contributed by atoms with E-state index in [1.165, 1.54) is 4.88 Å². The zero-order valence-electron chi connectivity index (χ0n) is 15.9. The van der Waals surface area contributed by atoms with E-state index in [2.05, 4.69) is 16.3 Å². The van der Waals surface area contributed by atoms with Crippen LogP contribution in [0.15, 0.2) is 0 Å². The Morgan fingerprint density at radius 3 is 2.93 bits per heavy atom. The maximum absolute atomic E-state index is 12.4. The first-order valence-corrected chi connectivity index (χ1v) is 10.7. The Bertz CT molecular complexity index is 738. The summed E-state index contributed by atoms with van der Waals surface area (Å²) in [5.41, 5.74) is 1.79. The van der Waals surface area contributed by atoms with Gasteiger partial charge >= 0.3 is 5.97 Å². The van der Waals surface area contributed by atoms with E-state index in [0.29, 0.717) is 36.7 Å². The summed E-state index contributed by atoms with van der Waals surface area (Å²) in [6.07, 6.45) is 6.38. The highest BCUT2D eigenvalue weighted by Gasteiger charge is 2.27. The number of carbonyl (C=O) groups is 2. The van der Waals surface area contributed by atoms with Crippen LogP contribution in [-0.4, -0.2) is 43.0 Å². The van der Waals surface area contributed by atoms with Crippen LogP contribution in [0, 0.1) is 17.2 Å². The highest BCUT2D eigenvalue weighted by Crippen LogP contribution is 2.37.